The first kappa shape index (κ1) is 21.1. The van der Waals surface area contributed by atoms with Gasteiger partial charge in [-0.15, -0.1) is 0 Å². The monoisotopic (exact) mass is 418 g/mol. The lowest BCUT2D eigenvalue weighted by Gasteiger charge is -2.28. The average Bonchev–Trinajstić information content (AvgIpc) is 2.73. The Balaban J connectivity index is 1.54. The number of methoxy groups -OCH3 is 1. The lowest BCUT2D eigenvalue weighted by molar-refractivity contribution is 0.0956. The molecule has 8 heteroatoms. The van der Waals surface area contributed by atoms with E-state index in [9.17, 15) is 13.2 Å². The maximum atomic E-state index is 12.7. The van der Waals surface area contributed by atoms with Crippen LogP contribution >= 0.6 is 0 Å². The standard InChI is InChI=1S/C21H26N2O5S/c1-3-28-19-7-4-16(5-8-19)21(24)22-11-13-29(25,26)23-12-10-17-14-20(27-2)9-6-18(17)15-23/h4-9,14H,3,10-13,15H2,1-2H3,(H,22,24). The van der Waals surface area contributed by atoms with Crippen LogP contribution in [-0.4, -0.2) is 51.2 Å². The fourth-order valence-corrected chi connectivity index (χ4v) is 4.59. The number of nitrogens with zero attached hydrogens (tertiary/aromatic N) is 1. The highest BCUT2D eigenvalue weighted by atomic mass is 32.2. The Bertz CT molecular complexity index is 958. The molecule has 0 aliphatic carbocycles. The fraction of sp³-hybridized carbons (Fsp3) is 0.381. The van der Waals surface area contributed by atoms with Gasteiger partial charge in [0, 0.05) is 25.2 Å². The Morgan fingerprint density at radius 3 is 2.52 bits per heavy atom. The Morgan fingerprint density at radius 2 is 1.83 bits per heavy atom. The van der Waals surface area contributed by atoms with Crippen molar-refractivity contribution in [3.63, 3.8) is 0 Å². The maximum absolute atomic E-state index is 12.7. The van der Waals surface area contributed by atoms with Crippen molar-refractivity contribution in [3.05, 3.63) is 59.2 Å². The van der Waals surface area contributed by atoms with Crippen LogP contribution in [0.4, 0.5) is 0 Å². The molecule has 1 aliphatic heterocycles. The molecule has 29 heavy (non-hydrogen) atoms. The van der Waals surface area contributed by atoms with Crippen LogP contribution in [0.25, 0.3) is 0 Å². The molecule has 0 saturated carbocycles. The molecule has 1 N–H and O–H groups in total. The number of rotatable bonds is 8. The number of ether oxygens (including phenoxy) is 2. The molecule has 0 atom stereocenters. The summed E-state index contributed by atoms with van der Waals surface area (Å²) in [5, 5.41) is 2.68. The summed E-state index contributed by atoms with van der Waals surface area (Å²) in [4.78, 5) is 12.2. The number of hydrogen-bond acceptors (Lipinski definition) is 5. The lowest BCUT2D eigenvalue weighted by Crippen LogP contribution is -2.40. The van der Waals surface area contributed by atoms with Crippen LogP contribution in [0.3, 0.4) is 0 Å². The summed E-state index contributed by atoms with van der Waals surface area (Å²) < 4.78 is 37.4. The molecule has 0 aromatic heterocycles. The van der Waals surface area contributed by atoms with E-state index in [1.807, 2.05) is 25.1 Å². The van der Waals surface area contributed by atoms with E-state index in [4.69, 9.17) is 9.47 Å². The maximum Gasteiger partial charge on any atom is 0.251 e. The molecule has 0 saturated heterocycles. The van der Waals surface area contributed by atoms with E-state index in [0.29, 0.717) is 37.4 Å². The normalized spacial score (nSPS) is 14.1. The summed E-state index contributed by atoms with van der Waals surface area (Å²) in [6, 6.07) is 12.5. The molecule has 7 nitrogen and oxygen atoms in total. The highest BCUT2D eigenvalue weighted by molar-refractivity contribution is 7.89. The number of carbonyl (C=O) groups excluding carboxylic acids is 1. The molecule has 3 rings (SSSR count). The fourth-order valence-electron chi connectivity index (χ4n) is 3.26. The number of benzene rings is 2. The molecule has 1 aliphatic rings. The summed E-state index contributed by atoms with van der Waals surface area (Å²) in [5.74, 6) is 1.02. The number of nitrogens with one attached hydrogen (secondary N) is 1. The van der Waals surface area contributed by atoms with Gasteiger partial charge in [0.15, 0.2) is 0 Å². The molecule has 2 aromatic carbocycles. The van der Waals surface area contributed by atoms with Gasteiger partial charge in [-0.1, -0.05) is 6.07 Å². The van der Waals surface area contributed by atoms with Crippen LogP contribution in [-0.2, 0) is 23.0 Å². The second-order valence-electron chi connectivity index (χ2n) is 6.75. The average molecular weight is 419 g/mol. The second kappa shape index (κ2) is 9.28. The van der Waals surface area contributed by atoms with E-state index in [-0.39, 0.29) is 18.2 Å². The van der Waals surface area contributed by atoms with Crippen molar-refractivity contribution >= 4 is 15.9 Å². The highest BCUT2D eigenvalue weighted by Gasteiger charge is 2.26. The van der Waals surface area contributed by atoms with E-state index >= 15 is 0 Å². The van der Waals surface area contributed by atoms with Gasteiger partial charge >= 0.3 is 0 Å². The number of amides is 1. The number of hydrogen-bond donors (Lipinski definition) is 1. The van der Waals surface area contributed by atoms with E-state index in [1.54, 1.807) is 31.4 Å². The predicted molar refractivity (Wildman–Crippen MR) is 111 cm³/mol. The van der Waals surface area contributed by atoms with Crippen LogP contribution in [0, 0.1) is 0 Å². The molecular formula is C21H26N2O5S. The van der Waals surface area contributed by atoms with Gasteiger partial charge in [-0.25, -0.2) is 8.42 Å². The minimum Gasteiger partial charge on any atom is -0.497 e. The van der Waals surface area contributed by atoms with Crippen LogP contribution in [0.1, 0.15) is 28.4 Å². The first-order chi connectivity index (χ1) is 13.9. The van der Waals surface area contributed by atoms with E-state index in [1.165, 1.54) is 4.31 Å². The van der Waals surface area contributed by atoms with Crippen LogP contribution in [0.15, 0.2) is 42.5 Å². The van der Waals surface area contributed by atoms with Crippen molar-refractivity contribution in [2.24, 2.45) is 0 Å². The van der Waals surface area contributed by atoms with Crippen LogP contribution in [0.2, 0.25) is 0 Å². The molecule has 0 radical (unpaired) electrons. The smallest absolute Gasteiger partial charge is 0.251 e. The summed E-state index contributed by atoms with van der Waals surface area (Å²) in [7, 11) is -1.85. The zero-order chi connectivity index (χ0) is 20.9. The Labute approximate surface area is 171 Å². The summed E-state index contributed by atoms with van der Waals surface area (Å²) in [5.41, 5.74) is 2.56. The molecule has 0 fully saturated rings. The van der Waals surface area contributed by atoms with Crippen molar-refractivity contribution in [3.8, 4) is 11.5 Å². The minimum absolute atomic E-state index is 0.0559. The number of fused-ring (bicyclic) bond motifs is 1. The van der Waals surface area contributed by atoms with Gasteiger partial charge in [0.2, 0.25) is 10.0 Å². The first-order valence-corrected chi connectivity index (χ1v) is 11.2. The van der Waals surface area contributed by atoms with Crippen LogP contribution in [0.5, 0.6) is 11.5 Å². The summed E-state index contributed by atoms with van der Waals surface area (Å²) >= 11 is 0. The van der Waals surface area contributed by atoms with Crippen molar-refractivity contribution in [1.29, 1.82) is 0 Å². The van der Waals surface area contributed by atoms with Gasteiger partial charge in [-0.05, 0) is 60.9 Å². The van der Waals surface area contributed by atoms with Crippen LogP contribution < -0.4 is 14.8 Å². The topological polar surface area (TPSA) is 84.9 Å². The van der Waals surface area contributed by atoms with E-state index < -0.39 is 10.0 Å². The summed E-state index contributed by atoms with van der Waals surface area (Å²) in [6.45, 7) is 3.26. The van der Waals surface area contributed by atoms with Crippen molar-refractivity contribution in [1.82, 2.24) is 9.62 Å². The van der Waals surface area contributed by atoms with Gasteiger partial charge in [0.05, 0.1) is 19.5 Å². The Hall–Kier alpha value is -2.58. The second-order valence-corrected chi connectivity index (χ2v) is 8.84. The molecule has 0 unspecified atom stereocenters. The molecule has 0 spiro atoms. The van der Waals surface area contributed by atoms with Crippen molar-refractivity contribution < 1.29 is 22.7 Å². The Kier molecular flexibility index (Phi) is 6.76. The summed E-state index contributed by atoms with van der Waals surface area (Å²) in [6.07, 6.45) is 0.643. The lowest BCUT2D eigenvalue weighted by atomic mass is 10.0. The van der Waals surface area contributed by atoms with Gasteiger partial charge in [-0.2, -0.15) is 4.31 Å². The van der Waals surface area contributed by atoms with Gasteiger partial charge in [0.1, 0.15) is 11.5 Å². The van der Waals surface area contributed by atoms with Crippen molar-refractivity contribution in [2.45, 2.75) is 19.9 Å². The molecule has 1 amide bonds. The first-order valence-electron chi connectivity index (χ1n) is 9.57. The third-order valence-corrected chi connectivity index (χ3v) is 6.68. The van der Waals surface area contributed by atoms with Crippen molar-refractivity contribution in [2.75, 3.05) is 32.6 Å². The Morgan fingerprint density at radius 1 is 1.10 bits per heavy atom. The predicted octanol–water partition coefficient (Wildman–Crippen LogP) is 2.21. The molecule has 2 aromatic rings. The number of carbonyl (C=O) groups is 1. The highest BCUT2D eigenvalue weighted by Crippen LogP contribution is 2.25. The zero-order valence-corrected chi connectivity index (χ0v) is 17.5. The molecule has 1 heterocycles. The molecular weight excluding hydrogens is 392 g/mol. The zero-order valence-electron chi connectivity index (χ0n) is 16.7. The van der Waals surface area contributed by atoms with Gasteiger partial charge < -0.3 is 14.8 Å². The third kappa shape index (κ3) is 5.27. The molecule has 156 valence electrons. The largest absolute Gasteiger partial charge is 0.497 e. The number of sulfonamides is 1. The van der Waals surface area contributed by atoms with Gasteiger partial charge in [-0.3, -0.25) is 4.79 Å². The minimum atomic E-state index is -3.47. The quantitative estimate of drug-likeness (QED) is 0.711. The third-order valence-electron chi connectivity index (χ3n) is 4.86. The SMILES string of the molecule is CCOc1ccc(C(=O)NCCS(=O)(=O)N2CCc3cc(OC)ccc3C2)cc1. The van der Waals surface area contributed by atoms with E-state index in [2.05, 4.69) is 5.32 Å². The van der Waals surface area contributed by atoms with E-state index in [0.717, 1.165) is 16.9 Å². The molecule has 0 bridgehead atoms. The van der Waals surface area contributed by atoms with Gasteiger partial charge in [0.25, 0.3) is 5.91 Å².